The molecule has 1 rings (SSSR count). The summed E-state index contributed by atoms with van der Waals surface area (Å²) in [5.74, 6) is -0.678. The van der Waals surface area contributed by atoms with Crippen LogP contribution in [0.1, 0.15) is 23.7 Å². The highest BCUT2D eigenvalue weighted by molar-refractivity contribution is 9.10. The number of hydrogen-bond acceptors (Lipinski definition) is 1. The molecule has 0 aliphatic carbocycles. The molecule has 0 radical (unpaired) electrons. The molecule has 1 amide bonds. The van der Waals surface area contributed by atoms with Crippen LogP contribution in [0.25, 0.3) is 0 Å². The third-order valence-electron chi connectivity index (χ3n) is 2.26. The van der Waals surface area contributed by atoms with Gasteiger partial charge in [-0.15, -0.1) is 0 Å². The van der Waals surface area contributed by atoms with Crippen LogP contribution in [-0.2, 0) is 0 Å². The molecule has 0 N–H and O–H groups in total. The monoisotopic (exact) mass is 357 g/mol. The first-order valence-corrected chi connectivity index (χ1v) is 6.72. The van der Waals surface area contributed by atoms with Gasteiger partial charge in [0, 0.05) is 21.6 Å². The first-order valence-electron chi connectivity index (χ1n) is 5.55. The average Bonchev–Trinajstić information content (AvgIpc) is 2.24. The number of carbonyl (C=O) groups excluding carboxylic acids is 1. The molecular weight excluding hydrogens is 346 g/mol. The molecule has 0 aliphatic rings. The molecule has 0 unspecified atom stereocenters. The summed E-state index contributed by atoms with van der Waals surface area (Å²) in [7, 11) is 0. The lowest BCUT2D eigenvalue weighted by Crippen LogP contribution is -2.39. The van der Waals surface area contributed by atoms with E-state index in [2.05, 4.69) is 15.9 Å². The maximum Gasteiger partial charge on any atom is 0.406 e. The van der Waals surface area contributed by atoms with Crippen LogP contribution in [0.3, 0.4) is 0 Å². The average molecular weight is 359 g/mol. The van der Waals surface area contributed by atoms with Crippen LogP contribution in [0, 0.1) is 0 Å². The summed E-state index contributed by atoms with van der Waals surface area (Å²) in [5, 5.41) is 0.293. The molecule has 0 heterocycles. The Morgan fingerprint density at radius 1 is 1.37 bits per heavy atom. The molecule has 19 heavy (non-hydrogen) atoms. The van der Waals surface area contributed by atoms with Crippen molar-refractivity contribution in [3.63, 3.8) is 0 Å². The summed E-state index contributed by atoms with van der Waals surface area (Å²) in [6.07, 6.45) is -3.97. The molecule has 106 valence electrons. The third-order valence-corrected chi connectivity index (χ3v) is 2.94. The van der Waals surface area contributed by atoms with Crippen molar-refractivity contribution in [3.8, 4) is 0 Å². The van der Waals surface area contributed by atoms with Gasteiger partial charge in [0.25, 0.3) is 5.91 Å². The van der Waals surface area contributed by atoms with Crippen molar-refractivity contribution < 1.29 is 18.0 Å². The summed E-state index contributed by atoms with van der Waals surface area (Å²) in [4.78, 5) is 12.8. The molecule has 1 aromatic rings. The van der Waals surface area contributed by atoms with Crippen molar-refractivity contribution in [2.45, 2.75) is 19.5 Å². The number of hydrogen-bond donors (Lipinski definition) is 0. The normalized spacial score (nSPS) is 11.5. The van der Waals surface area contributed by atoms with Gasteiger partial charge in [0.2, 0.25) is 0 Å². The maximum absolute atomic E-state index is 12.4. The predicted molar refractivity (Wildman–Crippen MR) is 71.4 cm³/mol. The highest BCUT2D eigenvalue weighted by Crippen LogP contribution is 2.23. The topological polar surface area (TPSA) is 20.3 Å². The van der Waals surface area contributed by atoms with E-state index in [0.29, 0.717) is 15.9 Å². The van der Waals surface area contributed by atoms with Gasteiger partial charge in [0.05, 0.1) is 0 Å². The largest absolute Gasteiger partial charge is 0.406 e. The number of benzene rings is 1. The van der Waals surface area contributed by atoms with E-state index in [1.54, 1.807) is 13.0 Å². The van der Waals surface area contributed by atoms with Crippen LogP contribution in [0.15, 0.2) is 22.7 Å². The Morgan fingerprint density at radius 3 is 2.47 bits per heavy atom. The Balaban J connectivity index is 2.98. The van der Waals surface area contributed by atoms with E-state index in [1.807, 2.05) is 0 Å². The van der Waals surface area contributed by atoms with Gasteiger partial charge in [-0.05, 0) is 24.6 Å². The number of rotatable bonds is 4. The SMILES string of the molecule is CCCN(CC(F)(F)F)C(=O)c1cc(Cl)cc(Br)c1. The molecule has 1 aromatic carbocycles. The smallest absolute Gasteiger partial charge is 0.330 e. The van der Waals surface area contributed by atoms with Crippen LogP contribution in [0.4, 0.5) is 13.2 Å². The second-order valence-electron chi connectivity index (χ2n) is 4.00. The molecule has 7 heteroatoms. The van der Waals surface area contributed by atoms with Crippen molar-refractivity contribution in [2.75, 3.05) is 13.1 Å². The second-order valence-corrected chi connectivity index (χ2v) is 5.35. The lowest BCUT2D eigenvalue weighted by atomic mass is 10.2. The highest BCUT2D eigenvalue weighted by atomic mass is 79.9. The summed E-state index contributed by atoms with van der Waals surface area (Å²) >= 11 is 8.94. The van der Waals surface area contributed by atoms with Crippen LogP contribution in [0.2, 0.25) is 5.02 Å². The van der Waals surface area contributed by atoms with Crippen molar-refractivity contribution in [2.24, 2.45) is 0 Å². The van der Waals surface area contributed by atoms with Gasteiger partial charge in [-0.1, -0.05) is 34.5 Å². The lowest BCUT2D eigenvalue weighted by molar-refractivity contribution is -0.140. The molecule has 0 spiro atoms. The van der Waals surface area contributed by atoms with E-state index < -0.39 is 18.6 Å². The lowest BCUT2D eigenvalue weighted by Gasteiger charge is -2.23. The molecule has 2 nitrogen and oxygen atoms in total. The Labute approximate surface area is 122 Å². The third kappa shape index (κ3) is 5.40. The molecule has 0 fully saturated rings. The van der Waals surface area contributed by atoms with Crippen molar-refractivity contribution >= 4 is 33.4 Å². The molecule has 0 aromatic heterocycles. The van der Waals surface area contributed by atoms with E-state index in [9.17, 15) is 18.0 Å². The Bertz CT molecular complexity index is 445. The molecule has 0 saturated carbocycles. The van der Waals surface area contributed by atoms with E-state index in [4.69, 9.17) is 11.6 Å². The van der Waals surface area contributed by atoms with E-state index in [1.165, 1.54) is 12.1 Å². The Kier molecular flexibility index (Phi) is 5.67. The van der Waals surface area contributed by atoms with Crippen LogP contribution < -0.4 is 0 Å². The predicted octanol–water partition coefficient (Wildman–Crippen LogP) is 4.52. The van der Waals surface area contributed by atoms with Crippen LogP contribution in [-0.4, -0.2) is 30.1 Å². The van der Waals surface area contributed by atoms with Gasteiger partial charge in [0.1, 0.15) is 6.54 Å². The zero-order chi connectivity index (χ0) is 14.6. The first-order chi connectivity index (χ1) is 8.73. The molecule has 0 atom stereocenters. The summed E-state index contributed by atoms with van der Waals surface area (Å²) in [6.45, 7) is 0.497. The minimum atomic E-state index is -4.42. The van der Waals surface area contributed by atoms with Gasteiger partial charge < -0.3 is 4.90 Å². The van der Waals surface area contributed by atoms with E-state index in [0.717, 1.165) is 4.90 Å². The zero-order valence-electron chi connectivity index (χ0n) is 10.1. The number of halogens is 5. The zero-order valence-corrected chi connectivity index (χ0v) is 12.4. The van der Waals surface area contributed by atoms with Crippen LogP contribution in [0.5, 0.6) is 0 Å². The van der Waals surface area contributed by atoms with Crippen molar-refractivity contribution in [1.29, 1.82) is 0 Å². The highest BCUT2D eigenvalue weighted by Gasteiger charge is 2.33. The molecule has 0 saturated heterocycles. The maximum atomic E-state index is 12.4. The van der Waals surface area contributed by atoms with Gasteiger partial charge in [-0.3, -0.25) is 4.79 Å². The Hall–Kier alpha value is -0.750. The number of nitrogens with zero attached hydrogens (tertiary/aromatic N) is 1. The number of amides is 1. The first kappa shape index (κ1) is 16.3. The minimum absolute atomic E-state index is 0.0441. The second kappa shape index (κ2) is 6.61. The quantitative estimate of drug-likeness (QED) is 0.775. The van der Waals surface area contributed by atoms with E-state index in [-0.39, 0.29) is 12.1 Å². The van der Waals surface area contributed by atoms with E-state index >= 15 is 0 Å². The van der Waals surface area contributed by atoms with Gasteiger partial charge in [-0.25, -0.2) is 0 Å². The summed E-state index contributed by atoms with van der Waals surface area (Å²) < 4.78 is 37.9. The standard InChI is InChI=1S/C12H12BrClF3NO/c1-2-3-18(7-12(15,16)17)11(19)8-4-9(13)6-10(14)5-8/h4-6H,2-3,7H2,1H3. The fourth-order valence-corrected chi connectivity index (χ4v) is 2.46. The van der Waals surface area contributed by atoms with Gasteiger partial charge in [-0.2, -0.15) is 13.2 Å². The van der Waals surface area contributed by atoms with Gasteiger partial charge in [0.15, 0.2) is 0 Å². The molecular formula is C12H12BrClF3NO. The molecule has 0 aliphatic heterocycles. The minimum Gasteiger partial charge on any atom is -0.330 e. The summed E-state index contributed by atoms with van der Waals surface area (Å²) in [5.41, 5.74) is 0.136. The van der Waals surface area contributed by atoms with Crippen molar-refractivity contribution in [3.05, 3.63) is 33.3 Å². The van der Waals surface area contributed by atoms with Gasteiger partial charge >= 0.3 is 6.18 Å². The Morgan fingerprint density at radius 2 is 2.00 bits per heavy atom. The fraction of sp³-hybridized carbons (Fsp3) is 0.417. The fourth-order valence-electron chi connectivity index (χ4n) is 1.60. The van der Waals surface area contributed by atoms with Crippen molar-refractivity contribution in [1.82, 2.24) is 4.90 Å². The van der Waals surface area contributed by atoms with Crippen LogP contribution >= 0.6 is 27.5 Å². The number of carbonyl (C=O) groups is 1. The number of alkyl halides is 3. The summed E-state index contributed by atoms with van der Waals surface area (Å²) in [6, 6.07) is 4.37. The molecule has 0 bridgehead atoms.